The van der Waals surface area contributed by atoms with Crippen LogP contribution in [0, 0.1) is 5.41 Å². The Labute approximate surface area is 201 Å². The lowest BCUT2D eigenvalue weighted by atomic mass is 9.65. The van der Waals surface area contributed by atoms with Crippen LogP contribution in [0.1, 0.15) is 61.3 Å². The van der Waals surface area contributed by atoms with Crippen LogP contribution in [-0.2, 0) is 12.8 Å². The predicted molar refractivity (Wildman–Crippen MR) is 132 cm³/mol. The Bertz CT molecular complexity index is 1170. The van der Waals surface area contributed by atoms with Gasteiger partial charge in [0, 0.05) is 54.6 Å². The van der Waals surface area contributed by atoms with Crippen LogP contribution in [0.2, 0.25) is 0 Å². The third-order valence-electron chi connectivity index (χ3n) is 8.56. The number of pyridine rings is 1. The van der Waals surface area contributed by atoms with Crippen molar-refractivity contribution in [1.29, 1.82) is 0 Å². The molecule has 1 N–H and O–H groups in total. The molecule has 0 radical (unpaired) electrons. The minimum Gasteiger partial charge on any atom is -0.330 e. The minimum atomic E-state index is 0.126. The third-order valence-corrected chi connectivity index (χ3v) is 8.56. The van der Waals surface area contributed by atoms with Crippen LogP contribution in [0.4, 0.5) is 0 Å². The lowest BCUT2D eigenvalue weighted by Gasteiger charge is -2.46. The van der Waals surface area contributed by atoms with Gasteiger partial charge in [0.1, 0.15) is 11.6 Å². The summed E-state index contributed by atoms with van der Waals surface area (Å²) in [5, 5.41) is 3.99. The highest BCUT2D eigenvalue weighted by molar-refractivity contribution is 5.95. The molecule has 34 heavy (non-hydrogen) atoms. The summed E-state index contributed by atoms with van der Waals surface area (Å²) in [6, 6.07) is 15.8. The highest BCUT2D eigenvalue weighted by Crippen LogP contribution is 2.53. The summed E-state index contributed by atoms with van der Waals surface area (Å²) in [5.41, 5.74) is 2.15. The maximum Gasteiger partial charge on any atom is 0.255 e. The lowest BCUT2D eigenvalue weighted by Crippen LogP contribution is -2.58. The molecule has 3 fully saturated rings. The molecule has 176 valence electrons. The SMILES string of the molecule is CCc1nccn1-c1ccc(C(=O)N2[C@H]3CCC[C@H]4N[C@@H](Cc5ccccc5)[C@@H]2C[C@@]34C)cn1. The lowest BCUT2D eigenvalue weighted by molar-refractivity contribution is 0.0558. The number of aromatic nitrogens is 3. The number of carbonyl (C=O) groups excluding carboxylic acids is 1. The first-order valence-corrected chi connectivity index (χ1v) is 12.7. The second-order valence-electron chi connectivity index (χ2n) is 10.4. The summed E-state index contributed by atoms with van der Waals surface area (Å²) in [4.78, 5) is 25.3. The zero-order valence-corrected chi connectivity index (χ0v) is 20.0. The van der Waals surface area contributed by atoms with Crippen molar-refractivity contribution in [2.75, 3.05) is 0 Å². The van der Waals surface area contributed by atoms with Crippen LogP contribution in [0.25, 0.3) is 5.82 Å². The number of benzene rings is 1. The molecular formula is C28H33N5O. The fraction of sp³-hybridized carbons (Fsp3) is 0.464. The number of nitrogens with one attached hydrogen (secondary N) is 1. The van der Waals surface area contributed by atoms with Crippen molar-refractivity contribution in [2.45, 2.75) is 76.5 Å². The Morgan fingerprint density at radius 3 is 2.76 bits per heavy atom. The number of amides is 1. The molecule has 2 saturated heterocycles. The standard InChI is InChI=1S/C28H33N5O/c1-3-25-29-14-15-32(25)26-13-12-20(18-30-26)27(34)33-22-17-28(2)23(10-7-11-24(28)33)31-21(22)16-19-8-5-4-6-9-19/h4-6,8-9,12-15,18,21-24,31H,3,7,10-11,16-17H2,1-2H3/t21-,22-,23+,24-,28+/m0/s1. The fourth-order valence-electron chi connectivity index (χ4n) is 6.87. The molecule has 2 aliphatic heterocycles. The molecule has 0 spiro atoms. The third kappa shape index (κ3) is 3.38. The highest BCUT2D eigenvalue weighted by Gasteiger charge is 2.61. The van der Waals surface area contributed by atoms with Gasteiger partial charge >= 0.3 is 0 Å². The monoisotopic (exact) mass is 455 g/mol. The van der Waals surface area contributed by atoms with Gasteiger partial charge in [-0.25, -0.2) is 9.97 Å². The van der Waals surface area contributed by atoms with Crippen molar-refractivity contribution >= 4 is 5.91 Å². The second-order valence-corrected chi connectivity index (χ2v) is 10.4. The predicted octanol–water partition coefficient (Wildman–Crippen LogP) is 4.19. The van der Waals surface area contributed by atoms with Crippen LogP contribution in [0.5, 0.6) is 0 Å². The average Bonchev–Trinajstić information content (AvgIpc) is 3.46. The van der Waals surface area contributed by atoms with Gasteiger partial charge < -0.3 is 10.2 Å². The first-order chi connectivity index (χ1) is 16.6. The summed E-state index contributed by atoms with van der Waals surface area (Å²) >= 11 is 0. The number of fused-ring (bicyclic) bond motifs is 1. The van der Waals surface area contributed by atoms with Gasteiger partial charge in [0.15, 0.2) is 0 Å². The second kappa shape index (κ2) is 8.35. The molecule has 6 rings (SSSR count). The molecule has 1 aromatic carbocycles. The van der Waals surface area contributed by atoms with Gasteiger partial charge in [-0.3, -0.25) is 9.36 Å². The molecule has 5 atom stereocenters. The number of imidazole rings is 1. The number of piperidine rings is 1. The molecular weight excluding hydrogens is 422 g/mol. The summed E-state index contributed by atoms with van der Waals surface area (Å²) < 4.78 is 1.99. The van der Waals surface area contributed by atoms with Crippen LogP contribution >= 0.6 is 0 Å². The quantitative estimate of drug-likeness (QED) is 0.627. The van der Waals surface area contributed by atoms with E-state index in [2.05, 4.69) is 64.4 Å². The van der Waals surface area contributed by atoms with E-state index < -0.39 is 0 Å². The van der Waals surface area contributed by atoms with Gasteiger partial charge in [0.25, 0.3) is 5.91 Å². The normalized spacial score (nSPS) is 29.9. The van der Waals surface area contributed by atoms with E-state index in [1.165, 1.54) is 18.4 Å². The molecule has 6 heteroatoms. The molecule has 2 aromatic heterocycles. The maximum atomic E-state index is 14.0. The van der Waals surface area contributed by atoms with Crippen LogP contribution in [0.3, 0.4) is 0 Å². The van der Waals surface area contributed by atoms with Gasteiger partial charge in [0.2, 0.25) is 0 Å². The Hall–Kier alpha value is -2.99. The number of carbonyl (C=O) groups is 1. The number of hydrogen-bond donors (Lipinski definition) is 1. The fourth-order valence-corrected chi connectivity index (χ4v) is 6.87. The number of aryl methyl sites for hydroxylation is 1. The first kappa shape index (κ1) is 21.5. The summed E-state index contributed by atoms with van der Waals surface area (Å²) in [5.74, 6) is 1.90. The zero-order chi connectivity index (χ0) is 23.3. The van der Waals surface area contributed by atoms with Gasteiger partial charge in [0.05, 0.1) is 5.56 Å². The van der Waals surface area contributed by atoms with Crippen LogP contribution in [0.15, 0.2) is 61.1 Å². The molecule has 0 unspecified atom stereocenters. The van der Waals surface area contributed by atoms with Crippen molar-refractivity contribution in [3.05, 3.63) is 78.0 Å². The highest BCUT2D eigenvalue weighted by atomic mass is 16.2. The van der Waals surface area contributed by atoms with E-state index in [1.807, 2.05) is 22.9 Å². The van der Waals surface area contributed by atoms with E-state index in [1.54, 1.807) is 12.4 Å². The first-order valence-electron chi connectivity index (χ1n) is 12.7. The molecule has 1 amide bonds. The minimum absolute atomic E-state index is 0.126. The number of likely N-dealkylation sites (tertiary alicyclic amines) is 1. The summed E-state index contributed by atoms with van der Waals surface area (Å²) in [6.45, 7) is 4.49. The van der Waals surface area contributed by atoms with Gasteiger partial charge in [-0.15, -0.1) is 0 Å². The van der Waals surface area contributed by atoms with Crippen LogP contribution < -0.4 is 5.32 Å². The van der Waals surface area contributed by atoms with Crippen molar-refractivity contribution in [2.24, 2.45) is 5.41 Å². The Morgan fingerprint density at radius 1 is 1.15 bits per heavy atom. The van der Waals surface area contributed by atoms with Gasteiger partial charge in [-0.05, 0) is 49.8 Å². The largest absolute Gasteiger partial charge is 0.330 e. The van der Waals surface area contributed by atoms with Crippen LogP contribution in [-0.4, -0.2) is 49.5 Å². The van der Waals surface area contributed by atoms with E-state index >= 15 is 0 Å². The van der Waals surface area contributed by atoms with Gasteiger partial charge in [-0.2, -0.15) is 0 Å². The molecule has 2 bridgehead atoms. The Kier molecular flexibility index (Phi) is 5.29. The van der Waals surface area contributed by atoms with Crippen molar-refractivity contribution in [1.82, 2.24) is 24.8 Å². The Morgan fingerprint density at radius 2 is 2.00 bits per heavy atom. The van der Waals surface area contributed by atoms with Crippen molar-refractivity contribution in [3.8, 4) is 5.82 Å². The topological polar surface area (TPSA) is 63.1 Å². The summed E-state index contributed by atoms with van der Waals surface area (Å²) in [7, 11) is 0. The molecule has 6 nitrogen and oxygen atoms in total. The van der Waals surface area contributed by atoms with Gasteiger partial charge in [-0.1, -0.05) is 44.2 Å². The van der Waals surface area contributed by atoms with Crippen molar-refractivity contribution in [3.63, 3.8) is 0 Å². The molecule has 3 aromatic rings. The van der Waals surface area contributed by atoms with Crippen molar-refractivity contribution < 1.29 is 4.79 Å². The zero-order valence-electron chi connectivity index (χ0n) is 20.0. The van der Waals surface area contributed by atoms with E-state index in [9.17, 15) is 4.79 Å². The Balaban J connectivity index is 1.31. The van der Waals surface area contributed by atoms with E-state index in [0.717, 1.165) is 37.3 Å². The number of rotatable bonds is 5. The smallest absolute Gasteiger partial charge is 0.255 e. The molecule has 1 saturated carbocycles. The number of hydrogen-bond acceptors (Lipinski definition) is 4. The van der Waals surface area contributed by atoms with E-state index in [-0.39, 0.29) is 29.4 Å². The average molecular weight is 456 g/mol. The molecule has 3 aliphatic rings. The van der Waals surface area contributed by atoms with E-state index in [0.29, 0.717) is 11.6 Å². The molecule has 4 heterocycles. The molecule has 1 aliphatic carbocycles. The maximum absolute atomic E-state index is 14.0. The summed E-state index contributed by atoms with van der Waals surface area (Å²) in [6.07, 6.45) is 11.8. The number of nitrogens with zero attached hydrogens (tertiary/aromatic N) is 4. The van der Waals surface area contributed by atoms with E-state index in [4.69, 9.17) is 0 Å².